The summed E-state index contributed by atoms with van der Waals surface area (Å²) in [6.07, 6.45) is 0. The van der Waals surface area contributed by atoms with Crippen molar-refractivity contribution in [2.24, 2.45) is 0 Å². The van der Waals surface area contributed by atoms with Gasteiger partial charge in [0.1, 0.15) is 17.3 Å². The summed E-state index contributed by atoms with van der Waals surface area (Å²) >= 11 is 0. The van der Waals surface area contributed by atoms with Crippen molar-refractivity contribution >= 4 is 0 Å². The van der Waals surface area contributed by atoms with Crippen LogP contribution in [0, 0.1) is 5.82 Å². The van der Waals surface area contributed by atoms with Crippen molar-refractivity contribution in [3.8, 4) is 11.5 Å². The van der Waals surface area contributed by atoms with Crippen LogP contribution in [-0.2, 0) is 6.54 Å². The third-order valence-electron chi connectivity index (χ3n) is 3.50. The second-order valence-corrected chi connectivity index (χ2v) is 5.07. The molecule has 0 aliphatic carbocycles. The molecule has 2 aromatic carbocycles. The molecule has 1 atom stereocenters. The maximum atomic E-state index is 13.4. The first kappa shape index (κ1) is 16.3. The van der Waals surface area contributed by atoms with Gasteiger partial charge in [-0.3, -0.25) is 0 Å². The minimum atomic E-state index is -0.259. The SMILES string of the molecule is CCOc1ccc(CNC(C)c2cc(F)ccc2OC)cc1. The third-order valence-corrected chi connectivity index (χ3v) is 3.50. The summed E-state index contributed by atoms with van der Waals surface area (Å²) in [5.74, 6) is 1.30. The van der Waals surface area contributed by atoms with Crippen molar-refractivity contribution in [1.82, 2.24) is 5.32 Å². The Morgan fingerprint density at radius 3 is 2.50 bits per heavy atom. The van der Waals surface area contributed by atoms with Gasteiger partial charge >= 0.3 is 0 Å². The fourth-order valence-corrected chi connectivity index (χ4v) is 2.29. The Labute approximate surface area is 131 Å². The molecule has 0 radical (unpaired) electrons. The molecule has 22 heavy (non-hydrogen) atoms. The van der Waals surface area contributed by atoms with E-state index in [-0.39, 0.29) is 11.9 Å². The average molecular weight is 303 g/mol. The molecule has 0 amide bonds. The monoisotopic (exact) mass is 303 g/mol. The fourth-order valence-electron chi connectivity index (χ4n) is 2.29. The van der Waals surface area contributed by atoms with Gasteiger partial charge in [-0.1, -0.05) is 12.1 Å². The van der Waals surface area contributed by atoms with Gasteiger partial charge in [0.15, 0.2) is 0 Å². The minimum Gasteiger partial charge on any atom is -0.496 e. The quantitative estimate of drug-likeness (QED) is 0.836. The predicted octanol–water partition coefficient (Wildman–Crippen LogP) is 4.08. The Morgan fingerprint density at radius 2 is 1.86 bits per heavy atom. The summed E-state index contributed by atoms with van der Waals surface area (Å²) in [6, 6.07) is 12.5. The molecule has 0 bridgehead atoms. The van der Waals surface area contributed by atoms with E-state index < -0.39 is 0 Å². The van der Waals surface area contributed by atoms with Gasteiger partial charge in [0.25, 0.3) is 0 Å². The van der Waals surface area contributed by atoms with Gasteiger partial charge in [-0.05, 0) is 49.7 Å². The molecule has 0 aliphatic heterocycles. The number of ether oxygens (including phenoxy) is 2. The highest BCUT2D eigenvalue weighted by molar-refractivity contribution is 5.36. The smallest absolute Gasteiger partial charge is 0.123 e. The van der Waals surface area contributed by atoms with Crippen molar-refractivity contribution < 1.29 is 13.9 Å². The van der Waals surface area contributed by atoms with Gasteiger partial charge in [-0.25, -0.2) is 4.39 Å². The molecule has 118 valence electrons. The van der Waals surface area contributed by atoms with Crippen LogP contribution < -0.4 is 14.8 Å². The van der Waals surface area contributed by atoms with Crippen molar-refractivity contribution in [1.29, 1.82) is 0 Å². The lowest BCUT2D eigenvalue weighted by Gasteiger charge is -2.17. The molecule has 0 heterocycles. The van der Waals surface area contributed by atoms with Crippen molar-refractivity contribution in [2.75, 3.05) is 13.7 Å². The van der Waals surface area contributed by atoms with Gasteiger partial charge < -0.3 is 14.8 Å². The van der Waals surface area contributed by atoms with Crippen LogP contribution in [0.5, 0.6) is 11.5 Å². The minimum absolute atomic E-state index is 0.0165. The predicted molar refractivity (Wildman–Crippen MR) is 85.8 cm³/mol. The number of hydrogen-bond acceptors (Lipinski definition) is 3. The molecule has 0 aromatic heterocycles. The van der Waals surface area contributed by atoms with E-state index in [4.69, 9.17) is 9.47 Å². The summed E-state index contributed by atoms with van der Waals surface area (Å²) in [6.45, 7) is 5.30. The number of nitrogens with one attached hydrogen (secondary N) is 1. The van der Waals surface area contributed by atoms with Crippen molar-refractivity contribution in [2.45, 2.75) is 26.4 Å². The van der Waals surface area contributed by atoms with Crippen molar-refractivity contribution in [3.63, 3.8) is 0 Å². The molecule has 3 nitrogen and oxygen atoms in total. The molecule has 2 aromatic rings. The van der Waals surface area contributed by atoms with Gasteiger partial charge in [0, 0.05) is 18.2 Å². The van der Waals surface area contributed by atoms with E-state index in [2.05, 4.69) is 5.32 Å². The zero-order chi connectivity index (χ0) is 15.9. The molecule has 0 aliphatic rings. The molecule has 0 fully saturated rings. The van der Waals surface area contributed by atoms with Crippen LogP contribution >= 0.6 is 0 Å². The Balaban J connectivity index is 2.00. The molecule has 0 saturated carbocycles. The number of methoxy groups -OCH3 is 1. The van der Waals surface area contributed by atoms with E-state index in [9.17, 15) is 4.39 Å². The average Bonchev–Trinajstić information content (AvgIpc) is 2.54. The highest BCUT2D eigenvalue weighted by Crippen LogP contribution is 2.26. The largest absolute Gasteiger partial charge is 0.496 e. The molecular weight excluding hydrogens is 281 g/mol. The summed E-state index contributed by atoms with van der Waals surface area (Å²) < 4.78 is 24.1. The molecule has 0 spiro atoms. The molecular formula is C18H22FNO2. The summed E-state index contributed by atoms with van der Waals surface area (Å²) in [5, 5.41) is 3.38. The van der Waals surface area contributed by atoms with Crippen LogP contribution in [0.15, 0.2) is 42.5 Å². The van der Waals surface area contributed by atoms with E-state index in [1.807, 2.05) is 38.1 Å². The number of benzene rings is 2. The van der Waals surface area contributed by atoms with Crippen LogP contribution in [-0.4, -0.2) is 13.7 Å². The lowest BCUT2D eigenvalue weighted by molar-refractivity contribution is 0.340. The normalized spacial score (nSPS) is 12.0. The van der Waals surface area contributed by atoms with E-state index in [0.29, 0.717) is 18.9 Å². The van der Waals surface area contributed by atoms with Crippen LogP contribution in [0.3, 0.4) is 0 Å². The lowest BCUT2D eigenvalue weighted by atomic mass is 10.1. The molecule has 1 N–H and O–H groups in total. The number of rotatable bonds is 7. The first-order valence-electron chi connectivity index (χ1n) is 7.42. The highest BCUT2D eigenvalue weighted by Gasteiger charge is 2.12. The third kappa shape index (κ3) is 4.21. The fraction of sp³-hybridized carbons (Fsp3) is 0.333. The zero-order valence-corrected chi connectivity index (χ0v) is 13.2. The number of hydrogen-bond donors (Lipinski definition) is 1. The van der Waals surface area contributed by atoms with E-state index in [1.54, 1.807) is 13.2 Å². The van der Waals surface area contributed by atoms with Gasteiger partial charge in [0.05, 0.1) is 13.7 Å². The Morgan fingerprint density at radius 1 is 1.14 bits per heavy atom. The van der Waals surface area contributed by atoms with Crippen LogP contribution in [0.4, 0.5) is 4.39 Å². The molecule has 4 heteroatoms. The lowest BCUT2D eigenvalue weighted by Crippen LogP contribution is -2.18. The zero-order valence-electron chi connectivity index (χ0n) is 13.2. The maximum Gasteiger partial charge on any atom is 0.123 e. The molecule has 2 rings (SSSR count). The summed E-state index contributed by atoms with van der Waals surface area (Å²) in [7, 11) is 1.59. The highest BCUT2D eigenvalue weighted by atomic mass is 19.1. The standard InChI is InChI=1S/C18H22FNO2/c1-4-22-16-8-5-14(6-9-16)12-20-13(2)17-11-15(19)7-10-18(17)21-3/h5-11,13,20H,4,12H2,1-3H3. The number of halogens is 1. The second kappa shape index (κ2) is 7.80. The topological polar surface area (TPSA) is 30.5 Å². The Kier molecular flexibility index (Phi) is 5.78. The summed E-state index contributed by atoms with van der Waals surface area (Å²) in [5.41, 5.74) is 1.96. The van der Waals surface area contributed by atoms with Crippen LogP contribution in [0.25, 0.3) is 0 Å². The maximum absolute atomic E-state index is 13.4. The Bertz CT molecular complexity index is 599. The van der Waals surface area contributed by atoms with Gasteiger partial charge in [-0.15, -0.1) is 0 Å². The van der Waals surface area contributed by atoms with Crippen LogP contribution in [0.1, 0.15) is 31.0 Å². The second-order valence-electron chi connectivity index (χ2n) is 5.07. The van der Waals surface area contributed by atoms with Gasteiger partial charge in [-0.2, -0.15) is 0 Å². The molecule has 0 saturated heterocycles. The Hall–Kier alpha value is -2.07. The van der Waals surface area contributed by atoms with E-state index in [1.165, 1.54) is 12.1 Å². The van der Waals surface area contributed by atoms with Gasteiger partial charge in [0.2, 0.25) is 0 Å². The first-order chi connectivity index (χ1) is 10.6. The van der Waals surface area contributed by atoms with E-state index >= 15 is 0 Å². The summed E-state index contributed by atoms with van der Waals surface area (Å²) in [4.78, 5) is 0. The van der Waals surface area contributed by atoms with Crippen LogP contribution in [0.2, 0.25) is 0 Å². The van der Waals surface area contributed by atoms with Crippen molar-refractivity contribution in [3.05, 3.63) is 59.4 Å². The molecule has 1 unspecified atom stereocenters. The first-order valence-corrected chi connectivity index (χ1v) is 7.42. The van der Waals surface area contributed by atoms with E-state index in [0.717, 1.165) is 16.9 Å².